The van der Waals surface area contributed by atoms with E-state index in [4.69, 9.17) is 18.6 Å². The number of furan rings is 1. The number of hydrogen-bond acceptors (Lipinski definition) is 9. The molecule has 1 saturated heterocycles. The summed E-state index contributed by atoms with van der Waals surface area (Å²) in [6.07, 6.45) is 1.51. The number of nitrogens with zero attached hydrogens (tertiary/aromatic N) is 6. The Hall–Kier alpha value is -3.60. The molecule has 1 atom stereocenters. The normalized spacial score (nSPS) is 15.7. The standard InChI is InChI=1S/C24H32N6O5/c1-24(2,3)30-22(25-26-27-30)20(16-14-18(32-4)21(34-6)19(15-16)33-5)28-9-11-29(12-10-28)23(31)17-8-7-13-35-17/h7-8,13-15,20H,9-12H2,1-6H3/t20-/m0/s1. The molecule has 1 aliphatic heterocycles. The van der Waals surface area contributed by atoms with Gasteiger partial charge < -0.3 is 23.5 Å². The molecule has 188 valence electrons. The van der Waals surface area contributed by atoms with Crippen molar-refractivity contribution in [2.45, 2.75) is 32.4 Å². The van der Waals surface area contributed by atoms with E-state index in [0.717, 1.165) is 5.56 Å². The van der Waals surface area contributed by atoms with Crippen molar-refractivity contribution in [1.82, 2.24) is 30.0 Å². The summed E-state index contributed by atoms with van der Waals surface area (Å²) in [7, 11) is 4.76. The van der Waals surface area contributed by atoms with Gasteiger partial charge in [-0.15, -0.1) is 5.10 Å². The fourth-order valence-corrected chi connectivity index (χ4v) is 4.36. The Balaban J connectivity index is 1.72. The number of rotatable bonds is 7. The van der Waals surface area contributed by atoms with Crippen molar-refractivity contribution >= 4 is 5.91 Å². The summed E-state index contributed by atoms with van der Waals surface area (Å²) < 4.78 is 23.9. The maximum atomic E-state index is 12.8. The van der Waals surface area contributed by atoms with Crippen LogP contribution in [0.2, 0.25) is 0 Å². The second-order valence-corrected chi connectivity index (χ2v) is 9.29. The summed E-state index contributed by atoms with van der Waals surface area (Å²) in [5.74, 6) is 2.54. The van der Waals surface area contributed by atoms with Crippen molar-refractivity contribution in [3.05, 3.63) is 47.7 Å². The van der Waals surface area contributed by atoms with Crippen LogP contribution in [0.25, 0.3) is 0 Å². The van der Waals surface area contributed by atoms with Gasteiger partial charge in [-0.3, -0.25) is 9.69 Å². The molecule has 0 spiro atoms. The van der Waals surface area contributed by atoms with E-state index in [-0.39, 0.29) is 17.5 Å². The molecule has 11 heteroatoms. The van der Waals surface area contributed by atoms with Crippen molar-refractivity contribution in [3.63, 3.8) is 0 Å². The van der Waals surface area contributed by atoms with Crippen molar-refractivity contribution in [1.29, 1.82) is 0 Å². The molecule has 0 bridgehead atoms. The lowest BCUT2D eigenvalue weighted by Gasteiger charge is -2.39. The first kappa shape index (κ1) is 24.5. The monoisotopic (exact) mass is 484 g/mol. The number of aromatic nitrogens is 4. The predicted molar refractivity (Wildman–Crippen MR) is 127 cm³/mol. The molecule has 0 N–H and O–H groups in total. The number of methoxy groups -OCH3 is 3. The van der Waals surface area contributed by atoms with Gasteiger partial charge >= 0.3 is 0 Å². The first-order valence-electron chi connectivity index (χ1n) is 11.4. The zero-order chi connectivity index (χ0) is 25.2. The average Bonchev–Trinajstić information content (AvgIpc) is 3.56. The van der Waals surface area contributed by atoms with Crippen LogP contribution in [0.3, 0.4) is 0 Å². The molecule has 0 unspecified atom stereocenters. The van der Waals surface area contributed by atoms with Gasteiger partial charge in [0.2, 0.25) is 5.75 Å². The SMILES string of the molecule is COc1cc([C@@H](c2nnnn2C(C)(C)C)N2CCN(C(=O)c3ccco3)CC2)cc(OC)c1OC. The number of carbonyl (C=O) groups excluding carboxylic acids is 1. The molecule has 3 aromatic rings. The Morgan fingerprint density at radius 1 is 1.03 bits per heavy atom. The van der Waals surface area contributed by atoms with E-state index in [1.54, 1.807) is 38.4 Å². The van der Waals surface area contributed by atoms with Gasteiger partial charge in [-0.2, -0.15) is 0 Å². The highest BCUT2D eigenvalue weighted by molar-refractivity contribution is 5.91. The number of ether oxygens (including phenoxy) is 3. The van der Waals surface area contributed by atoms with Gasteiger partial charge in [-0.1, -0.05) is 0 Å². The molecule has 4 rings (SSSR count). The number of benzene rings is 1. The molecular formula is C24H32N6O5. The van der Waals surface area contributed by atoms with Gasteiger partial charge in [-0.25, -0.2) is 4.68 Å². The molecule has 3 heterocycles. The highest BCUT2D eigenvalue weighted by Gasteiger charge is 2.35. The summed E-state index contributed by atoms with van der Waals surface area (Å²) in [6, 6.07) is 6.95. The van der Waals surface area contributed by atoms with Gasteiger partial charge in [0, 0.05) is 26.2 Å². The second kappa shape index (κ2) is 9.95. The van der Waals surface area contributed by atoms with E-state index in [9.17, 15) is 4.79 Å². The minimum absolute atomic E-state index is 0.112. The van der Waals surface area contributed by atoms with Crippen LogP contribution in [0, 0.1) is 0 Å². The van der Waals surface area contributed by atoms with Crippen molar-refractivity contribution in [3.8, 4) is 17.2 Å². The van der Waals surface area contributed by atoms with E-state index in [1.165, 1.54) is 6.26 Å². The number of tetrazole rings is 1. The van der Waals surface area contributed by atoms with Gasteiger partial charge in [0.1, 0.15) is 0 Å². The maximum absolute atomic E-state index is 12.8. The Bertz CT molecular complexity index is 1120. The summed E-state index contributed by atoms with van der Waals surface area (Å²) in [5.41, 5.74) is 0.556. The molecule has 1 aliphatic rings. The Morgan fingerprint density at radius 2 is 1.69 bits per heavy atom. The number of carbonyl (C=O) groups is 1. The fourth-order valence-electron chi connectivity index (χ4n) is 4.36. The molecular weight excluding hydrogens is 452 g/mol. The Kier molecular flexibility index (Phi) is 6.97. The Labute approximate surface area is 204 Å². The van der Waals surface area contributed by atoms with Gasteiger partial charge in [0.25, 0.3) is 5.91 Å². The van der Waals surface area contributed by atoms with Crippen LogP contribution >= 0.6 is 0 Å². The number of piperazine rings is 1. The summed E-state index contributed by atoms with van der Waals surface area (Å²) in [6.45, 7) is 8.47. The lowest BCUT2D eigenvalue weighted by Crippen LogP contribution is -2.50. The number of amides is 1. The average molecular weight is 485 g/mol. The van der Waals surface area contributed by atoms with E-state index >= 15 is 0 Å². The zero-order valence-electron chi connectivity index (χ0n) is 21.0. The van der Waals surface area contributed by atoms with Crippen LogP contribution in [-0.4, -0.2) is 83.4 Å². The van der Waals surface area contributed by atoms with E-state index in [0.29, 0.717) is 55.0 Å². The third kappa shape index (κ3) is 4.81. The van der Waals surface area contributed by atoms with E-state index in [2.05, 4.69) is 41.2 Å². The van der Waals surface area contributed by atoms with Crippen molar-refractivity contribution in [2.24, 2.45) is 0 Å². The molecule has 11 nitrogen and oxygen atoms in total. The fraction of sp³-hybridized carbons (Fsp3) is 0.500. The summed E-state index contributed by atoms with van der Waals surface area (Å²) in [4.78, 5) is 16.9. The molecule has 1 aromatic carbocycles. The third-order valence-electron chi connectivity index (χ3n) is 6.07. The maximum Gasteiger partial charge on any atom is 0.289 e. The molecule has 35 heavy (non-hydrogen) atoms. The van der Waals surface area contributed by atoms with Crippen molar-refractivity contribution in [2.75, 3.05) is 47.5 Å². The molecule has 1 amide bonds. The first-order chi connectivity index (χ1) is 16.8. The topological polar surface area (TPSA) is 108 Å². The van der Waals surface area contributed by atoms with Crippen molar-refractivity contribution < 1.29 is 23.4 Å². The molecule has 0 radical (unpaired) electrons. The lowest BCUT2D eigenvalue weighted by molar-refractivity contribution is 0.0556. The minimum Gasteiger partial charge on any atom is -0.493 e. The van der Waals surface area contributed by atoms with Crippen LogP contribution in [0.15, 0.2) is 34.9 Å². The second-order valence-electron chi connectivity index (χ2n) is 9.29. The smallest absolute Gasteiger partial charge is 0.289 e. The van der Waals surface area contributed by atoms with Crippen LogP contribution in [0.4, 0.5) is 0 Å². The molecule has 0 saturated carbocycles. The third-order valence-corrected chi connectivity index (χ3v) is 6.07. The van der Waals surface area contributed by atoms with Crippen LogP contribution < -0.4 is 14.2 Å². The molecule has 2 aromatic heterocycles. The van der Waals surface area contributed by atoms with Gasteiger partial charge in [0.15, 0.2) is 23.1 Å². The highest BCUT2D eigenvalue weighted by Crippen LogP contribution is 2.42. The first-order valence-corrected chi connectivity index (χ1v) is 11.4. The Morgan fingerprint density at radius 3 is 2.20 bits per heavy atom. The number of hydrogen-bond donors (Lipinski definition) is 0. The summed E-state index contributed by atoms with van der Waals surface area (Å²) >= 11 is 0. The van der Waals surface area contributed by atoms with Crippen LogP contribution in [0.5, 0.6) is 17.2 Å². The van der Waals surface area contributed by atoms with E-state index < -0.39 is 0 Å². The van der Waals surface area contributed by atoms with Crippen LogP contribution in [0.1, 0.15) is 48.8 Å². The molecule has 1 fully saturated rings. The zero-order valence-corrected chi connectivity index (χ0v) is 21.0. The van der Waals surface area contributed by atoms with E-state index in [1.807, 2.05) is 16.8 Å². The molecule has 0 aliphatic carbocycles. The minimum atomic E-state index is -0.338. The predicted octanol–water partition coefficient (Wildman–Crippen LogP) is 2.59. The largest absolute Gasteiger partial charge is 0.493 e. The quantitative estimate of drug-likeness (QED) is 0.500. The van der Waals surface area contributed by atoms with Gasteiger partial charge in [0.05, 0.1) is 39.2 Å². The van der Waals surface area contributed by atoms with Crippen LogP contribution in [-0.2, 0) is 5.54 Å². The lowest BCUT2D eigenvalue weighted by atomic mass is 10.00. The summed E-state index contributed by atoms with van der Waals surface area (Å²) in [5, 5.41) is 12.7. The highest BCUT2D eigenvalue weighted by atomic mass is 16.5. The van der Waals surface area contributed by atoms with Gasteiger partial charge in [-0.05, 0) is 61.0 Å².